The Bertz CT molecular complexity index is 692. The first-order valence-electron chi connectivity index (χ1n) is 8.49. The predicted octanol–water partition coefficient (Wildman–Crippen LogP) is 1.80. The molecule has 126 valence electrons. The molecule has 1 aliphatic heterocycles. The molecule has 0 bridgehead atoms. The number of nitrogens with zero attached hydrogens (tertiary/aromatic N) is 1. The van der Waals surface area contributed by atoms with Gasteiger partial charge in [-0.15, -0.1) is 0 Å². The van der Waals surface area contributed by atoms with Crippen molar-refractivity contribution in [2.75, 3.05) is 38.2 Å². The van der Waals surface area contributed by atoms with E-state index in [-0.39, 0.29) is 5.78 Å². The van der Waals surface area contributed by atoms with E-state index in [1.807, 2.05) is 18.2 Å². The predicted molar refractivity (Wildman–Crippen MR) is 96.1 cm³/mol. The molecule has 1 N–H and O–H groups in total. The lowest BCUT2D eigenvalue weighted by atomic mass is 10.1. The van der Waals surface area contributed by atoms with Crippen molar-refractivity contribution >= 4 is 11.5 Å². The third-order valence-electron chi connectivity index (χ3n) is 4.72. The van der Waals surface area contributed by atoms with Gasteiger partial charge in [0.25, 0.3) is 0 Å². The van der Waals surface area contributed by atoms with Crippen LogP contribution >= 0.6 is 0 Å². The van der Waals surface area contributed by atoms with Crippen molar-refractivity contribution in [3.63, 3.8) is 0 Å². The number of carbonyl (C=O) groups is 1. The molecule has 0 unspecified atom stereocenters. The molecule has 0 amide bonds. The zero-order chi connectivity index (χ0) is 16.9. The minimum Gasteiger partial charge on any atom is -0.496 e. The highest BCUT2D eigenvalue weighted by atomic mass is 16.5. The molecule has 1 aliphatic rings. The van der Waals surface area contributed by atoms with Crippen molar-refractivity contribution in [3.05, 3.63) is 59.7 Å². The first kappa shape index (κ1) is 16.5. The summed E-state index contributed by atoms with van der Waals surface area (Å²) < 4.78 is 5.48. The molecule has 0 radical (unpaired) electrons. The van der Waals surface area contributed by atoms with Crippen LogP contribution in [0.25, 0.3) is 0 Å². The SMILES string of the molecule is COc1ccc(C(C)=O)cc1C[NH+]1CCN(c2ccccc2)CC1. The molecule has 0 aromatic heterocycles. The van der Waals surface area contributed by atoms with E-state index >= 15 is 0 Å². The van der Waals surface area contributed by atoms with E-state index in [4.69, 9.17) is 4.74 Å². The number of benzene rings is 2. The summed E-state index contributed by atoms with van der Waals surface area (Å²) in [5.74, 6) is 0.973. The van der Waals surface area contributed by atoms with Crippen LogP contribution < -0.4 is 14.5 Å². The molecular weight excluding hydrogens is 300 g/mol. The van der Waals surface area contributed by atoms with Crippen LogP contribution in [0, 0.1) is 0 Å². The normalized spacial score (nSPS) is 15.3. The monoisotopic (exact) mass is 325 g/mol. The van der Waals surface area contributed by atoms with Gasteiger partial charge in [-0.2, -0.15) is 0 Å². The Labute approximate surface area is 143 Å². The van der Waals surface area contributed by atoms with E-state index in [2.05, 4.69) is 35.2 Å². The molecule has 4 nitrogen and oxygen atoms in total. The van der Waals surface area contributed by atoms with Crippen LogP contribution in [0.4, 0.5) is 5.69 Å². The maximum Gasteiger partial charge on any atom is 0.159 e. The fraction of sp³-hybridized carbons (Fsp3) is 0.350. The lowest BCUT2D eigenvalue weighted by Crippen LogP contribution is -3.13. The molecule has 0 spiro atoms. The molecule has 24 heavy (non-hydrogen) atoms. The third-order valence-corrected chi connectivity index (χ3v) is 4.72. The van der Waals surface area contributed by atoms with Gasteiger partial charge in [0, 0.05) is 16.8 Å². The number of carbonyl (C=O) groups excluding carboxylic acids is 1. The zero-order valence-corrected chi connectivity index (χ0v) is 14.4. The second kappa shape index (κ2) is 7.49. The molecule has 3 rings (SSSR count). The number of hydrogen-bond donors (Lipinski definition) is 1. The van der Waals surface area contributed by atoms with Crippen LogP contribution in [0.2, 0.25) is 0 Å². The highest BCUT2D eigenvalue weighted by molar-refractivity contribution is 5.94. The van der Waals surface area contributed by atoms with Gasteiger partial charge in [-0.25, -0.2) is 0 Å². The molecule has 2 aromatic carbocycles. The molecule has 1 fully saturated rings. The summed E-state index contributed by atoms with van der Waals surface area (Å²) in [6, 6.07) is 16.3. The van der Waals surface area contributed by atoms with Crippen molar-refractivity contribution in [3.8, 4) is 5.75 Å². The number of quaternary nitrogens is 1. The van der Waals surface area contributed by atoms with E-state index in [1.165, 1.54) is 10.6 Å². The average Bonchev–Trinajstić information content (AvgIpc) is 2.63. The number of ketones is 1. The third kappa shape index (κ3) is 3.77. The van der Waals surface area contributed by atoms with Gasteiger partial charge < -0.3 is 14.5 Å². The van der Waals surface area contributed by atoms with Gasteiger partial charge in [-0.05, 0) is 37.3 Å². The van der Waals surface area contributed by atoms with E-state index in [0.29, 0.717) is 0 Å². The van der Waals surface area contributed by atoms with E-state index in [1.54, 1.807) is 14.0 Å². The fourth-order valence-electron chi connectivity index (χ4n) is 3.30. The first-order valence-corrected chi connectivity index (χ1v) is 8.49. The maximum atomic E-state index is 11.6. The number of ether oxygens (including phenoxy) is 1. The van der Waals surface area contributed by atoms with Crippen LogP contribution in [-0.2, 0) is 6.54 Å². The van der Waals surface area contributed by atoms with Gasteiger partial charge in [-0.3, -0.25) is 4.79 Å². The van der Waals surface area contributed by atoms with Gasteiger partial charge in [-0.1, -0.05) is 18.2 Å². The van der Waals surface area contributed by atoms with Gasteiger partial charge in [0.1, 0.15) is 12.3 Å². The molecule has 4 heteroatoms. The van der Waals surface area contributed by atoms with Crippen molar-refractivity contribution in [2.24, 2.45) is 0 Å². The van der Waals surface area contributed by atoms with Crippen LogP contribution in [0.1, 0.15) is 22.8 Å². The number of anilines is 1. The number of rotatable bonds is 5. The molecule has 0 saturated carbocycles. The Morgan fingerprint density at radius 3 is 2.46 bits per heavy atom. The Morgan fingerprint density at radius 1 is 1.12 bits per heavy atom. The summed E-state index contributed by atoms with van der Waals surface area (Å²) in [6.07, 6.45) is 0. The summed E-state index contributed by atoms with van der Waals surface area (Å²) in [7, 11) is 1.69. The smallest absolute Gasteiger partial charge is 0.159 e. The van der Waals surface area contributed by atoms with E-state index in [0.717, 1.165) is 49.6 Å². The van der Waals surface area contributed by atoms with Crippen LogP contribution in [-0.4, -0.2) is 39.1 Å². The van der Waals surface area contributed by atoms with Crippen molar-refractivity contribution in [1.82, 2.24) is 0 Å². The van der Waals surface area contributed by atoms with Gasteiger partial charge in [0.2, 0.25) is 0 Å². The Morgan fingerprint density at radius 2 is 1.83 bits per heavy atom. The quantitative estimate of drug-likeness (QED) is 0.851. The summed E-state index contributed by atoms with van der Waals surface area (Å²) in [5, 5.41) is 0. The Kier molecular flexibility index (Phi) is 5.16. The second-order valence-electron chi connectivity index (χ2n) is 6.33. The lowest BCUT2D eigenvalue weighted by molar-refractivity contribution is -0.914. The van der Waals surface area contributed by atoms with E-state index < -0.39 is 0 Å². The highest BCUT2D eigenvalue weighted by Gasteiger charge is 2.21. The second-order valence-corrected chi connectivity index (χ2v) is 6.33. The van der Waals surface area contributed by atoms with E-state index in [9.17, 15) is 4.79 Å². The van der Waals surface area contributed by atoms with Crippen molar-refractivity contribution in [1.29, 1.82) is 0 Å². The topological polar surface area (TPSA) is 34.0 Å². The maximum absolute atomic E-state index is 11.6. The first-order chi connectivity index (χ1) is 11.7. The summed E-state index contributed by atoms with van der Waals surface area (Å²) in [4.78, 5) is 15.6. The number of Topliss-reactive ketones (excluding diaryl/α,β-unsaturated/α-hetero) is 1. The number of hydrogen-bond acceptors (Lipinski definition) is 3. The minimum atomic E-state index is 0.0998. The molecule has 1 heterocycles. The van der Waals surface area contributed by atoms with Crippen molar-refractivity contribution in [2.45, 2.75) is 13.5 Å². The van der Waals surface area contributed by atoms with Gasteiger partial charge in [0.15, 0.2) is 5.78 Å². The van der Waals surface area contributed by atoms with Crippen molar-refractivity contribution < 1.29 is 14.4 Å². The zero-order valence-electron chi connectivity index (χ0n) is 14.4. The fourth-order valence-corrected chi connectivity index (χ4v) is 3.30. The molecule has 1 saturated heterocycles. The average molecular weight is 325 g/mol. The molecule has 0 aliphatic carbocycles. The number of methoxy groups -OCH3 is 1. The Balaban J connectivity index is 1.65. The molecule has 2 aromatic rings. The highest BCUT2D eigenvalue weighted by Crippen LogP contribution is 2.20. The summed E-state index contributed by atoms with van der Waals surface area (Å²) >= 11 is 0. The largest absolute Gasteiger partial charge is 0.496 e. The number of piperazine rings is 1. The molecule has 0 atom stereocenters. The van der Waals surface area contributed by atoms with Gasteiger partial charge in [0.05, 0.1) is 33.3 Å². The minimum absolute atomic E-state index is 0.0998. The summed E-state index contributed by atoms with van der Waals surface area (Å²) in [6.45, 7) is 6.77. The molecular formula is C20H25N2O2+. The lowest BCUT2D eigenvalue weighted by Gasteiger charge is -2.33. The Hall–Kier alpha value is -2.33. The van der Waals surface area contributed by atoms with Gasteiger partial charge >= 0.3 is 0 Å². The number of nitrogens with one attached hydrogen (secondary N) is 1. The number of para-hydroxylation sites is 1. The van der Waals surface area contributed by atoms with Crippen LogP contribution in [0.5, 0.6) is 5.75 Å². The van der Waals surface area contributed by atoms with Crippen LogP contribution in [0.15, 0.2) is 48.5 Å². The summed E-state index contributed by atoms with van der Waals surface area (Å²) in [5.41, 5.74) is 3.18. The standard InChI is InChI=1S/C20H24N2O2/c1-16(23)17-8-9-20(24-2)18(14-17)15-21-10-12-22(13-11-21)19-6-4-3-5-7-19/h3-9,14H,10-13,15H2,1-2H3/p+1. The van der Waals surface area contributed by atoms with Crippen LogP contribution in [0.3, 0.4) is 0 Å².